The minimum absolute atomic E-state index is 0.134. The highest BCUT2D eigenvalue weighted by Crippen LogP contribution is 2.40. The molecule has 0 fully saturated rings. The van der Waals surface area contributed by atoms with E-state index in [-0.39, 0.29) is 5.91 Å². The third-order valence-electron chi connectivity index (χ3n) is 3.73. The standard InChI is InChI=1S/C18H18ClNO4/c1-20(11-12-4-3-5-14(19)8-12)18(21)13-9-15(22-2)17-16(10-13)23-6-7-24-17/h3-5,8-10H,6-7,11H2,1-2H3. The molecule has 0 atom stereocenters. The summed E-state index contributed by atoms with van der Waals surface area (Å²) in [4.78, 5) is 14.4. The molecule has 2 aromatic carbocycles. The van der Waals surface area contributed by atoms with E-state index in [0.29, 0.717) is 47.6 Å². The Bertz CT molecular complexity index is 745. The number of amides is 1. The van der Waals surface area contributed by atoms with Crippen LogP contribution in [0, 0.1) is 0 Å². The molecule has 0 saturated carbocycles. The fourth-order valence-electron chi connectivity index (χ4n) is 2.60. The van der Waals surface area contributed by atoms with E-state index < -0.39 is 0 Å². The van der Waals surface area contributed by atoms with Crippen LogP contribution in [0.2, 0.25) is 5.02 Å². The minimum Gasteiger partial charge on any atom is -0.493 e. The van der Waals surface area contributed by atoms with Gasteiger partial charge in [0.2, 0.25) is 5.75 Å². The second-order valence-corrected chi connectivity index (χ2v) is 5.93. The van der Waals surface area contributed by atoms with Gasteiger partial charge < -0.3 is 19.1 Å². The van der Waals surface area contributed by atoms with Crippen LogP contribution in [0.5, 0.6) is 17.2 Å². The third-order valence-corrected chi connectivity index (χ3v) is 3.97. The van der Waals surface area contributed by atoms with Gasteiger partial charge in [-0.25, -0.2) is 0 Å². The van der Waals surface area contributed by atoms with Crippen LogP contribution in [0.3, 0.4) is 0 Å². The van der Waals surface area contributed by atoms with E-state index in [1.807, 2.05) is 18.2 Å². The van der Waals surface area contributed by atoms with Crippen molar-refractivity contribution in [3.8, 4) is 17.2 Å². The summed E-state index contributed by atoms with van der Waals surface area (Å²) < 4.78 is 16.5. The van der Waals surface area contributed by atoms with E-state index in [1.165, 1.54) is 7.11 Å². The number of hydrogen-bond acceptors (Lipinski definition) is 4. The van der Waals surface area contributed by atoms with Gasteiger partial charge in [0.25, 0.3) is 5.91 Å². The van der Waals surface area contributed by atoms with Crippen molar-refractivity contribution in [1.29, 1.82) is 0 Å². The molecule has 24 heavy (non-hydrogen) atoms. The van der Waals surface area contributed by atoms with Gasteiger partial charge in [-0.2, -0.15) is 0 Å². The first kappa shape index (κ1) is 16.5. The molecule has 0 aromatic heterocycles. The van der Waals surface area contributed by atoms with Crippen molar-refractivity contribution in [2.45, 2.75) is 6.54 Å². The van der Waals surface area contributed by atoms with E-state index >= 15 is 0 Å². The number of fused-ring (bicyclic) bond motifs is 1. The first-order chi connectivity index (χ1) is 11.6. The summed E-state index contributed by atoms with van der Waals surface area (Å²) >= 11 is 5.99. The fraction of sp³-hybridized carbons (Fsp3) is 0.278. The van der Waals surface area contributed by atoms with Crippen LogP contribution in [0.4, 0.5) is 0 Å². The maximum atomic E-state index is 12.7. The van der Waals surface area contributed by atoms with Gasteiger partial charge in [0.05, 0.1) is 7.11 Å². The molecule has 3 rings (SSSR count). The molecular weight excluding hydrogens is 330 g/mol. The number of rotatable bonds is 4. The van der Waals surface area contributed by atoms with Crippen LogP contribution in [0.1, 0.15) is 15.9 Å². The van der Waals surface area contributed by atoms with Gasteiger partial charge in [-0.3, -0.25) is 4.79 Å². The SMILES string of the molecule is COc1cc(C(=O)N(C)Cc2cccc(Cl)c2)cc2c1OCCO2. The van der Waals surface area contributed by atoms with Gasteiger partial charge in [0.1, 0.15) is 13.2 Å². The number of benzene rings is 2. The normalized spacial score (nSPS) is 12.6. The molecule has 0 N–H and O–H groups in total. The van der Waals surface area contributed by atoms with Gasteiger partial charge in [0, 0.05) is 24.2 Å². The molecule has 0 unspecified atom stereocenters. The van der Waals surface area contributed by atoms with Crippen molar-refractivity contribution < 1.29 is 19.0 Å². The molecule has 0 spiro atoms. The van der Waals surface area contributed by atoms with Gasteiger partial charge in [-0.1, -0.05) is 23.7 Å². The average molecular weight is 348 g/mol. The molecule has 6 heteroatoms. The number of methoxy groups -OCH3 is 1. The Labute approximate surface area is 145 Å². The van der Waals surface area contributed by atoms with Crippen LogP contribution in [-0.2, 0) is 6.54 Å². The number of halogens is 1. The highest BCUT2D eigenvalue weighted by Gasteiger charge is 2.22. The molecule has 1 aliphatic heterocycles. The fourth-order valence-corrected chi connectivity index (χ4v) is 2.81. The summed E-state index contributed by atoms with van der Waals surface area (Å²) in [7, 11) is 3.28. The summed E-state index contributed by atoms with van der Waals surface area (Å²) in [5.74, 6) is 1.43. The number of hydrogen-bond donors (Lipinski definition) is 0. The molecule has 1 amide bonds. The highest BCUT2D eigenvalue weighted by atomic mass is 35.5. The highest BCUT2D eigenvalue weighted by molar-refractivity contribution is 6.30. The second-order valence-electron chi connectivity index (χ2n) is 5.49. The predicted molar refractivity (Wildman–Crippen MR) is 91.2 cm³/mol. The second kappa shape index (κ2) is 7.01. The lowest BCUT2D eigenvalue weighted by Gasteiger charge is -2.23. The zero-order valence-electron chi connectivity index (χ0n) is 13.5. The molecule has 2 aromatic rings. The maximum Gasteiger partial charge on any atom is 0.254 e. The summed E-state index contributed by atoms with van der Waals surface area (Å²) in [6, 6.07) is 10.8. The molecule has 5 nitrogen and oxygen atoms in total. The van der Waals surface area contributed by atoms with E-state index in [9.17, 15) is 4.79 Å². The van der Waals surface area contributed by atoms with Crippen molar-refractivity contribution in [2.24, 2.45) is 0 Å². The van der Waals surface area contributed by atoms with Crippen LogP contribution in [0.25, 0.3) is 0 Å². The molecule has 0 radical (unpaired) electrons. The van der Waals surface area contributed by atoms with Crippen molar-refractivity contribution in [1.82, 2.24) is 4.90 Å². The number of nitrogens with zero attached hydrogens (tertiary/aromatic N) is 1. The minimum atomic E-state index is -0.134. The lowest BCUT2D eigenvalue weighted by Crippen LogP contribution is -2.26. The van der Waals surface area contributed by atoms with Gasteiger partial charge in [-0.15, -0.1) is 0 Å². The summed E-state index contributed by atoms with van der Waals surface area (Å²) in [6.07, 6.45) is 0. The summed E-state index contributed by atoms with van der Waals surface area (Å²) in [6.45, 7) is 1.37. The largest absolute Gasteiger partial charge is 0.493 e. The number of carbonyl (C=O) groups excluding carboxylic acids is 1. The Morgan fingerprint density at radius 2 is 2.04 bits per heavy atom. The van der Waals surface area contributed by atoms with Crippen LogP contribution in [0.15, 0.2) is 36.4 Å². The van der Waals surface area contributed by atoms with Crippen LogP contribution in [-0.4, -0.2) is 38.2 Å². The van der Waals surface area contributed by atoms with E-state index in [0.717, 1.165) is 5.56 Å². The Kier molecular flexibility index (Phi) is 4.81. The van der Waals surface area contributed by atoms with Gasteiger partial charge >= 0.3 is 0 Å². The summed E-state index contributed by atoms with van der Waals surface area (Å²) in [5.41, 5.74) is 1.45. The first-order valence-corrected chi connectivity index (χ1v) is 7.94. The third kappa shape index (κ3) is 3.41. The predicted octanol–water partition coefficient (Wildman–Crippen LogP) is 3.39. The Morgan fingerprint density at radius 1 is 1.25 bits per heavy atom. The van der Waals surface area contributed by atoms with Crippen LogP contribution < -0.4 is 14.2 Å². The summed E-state index contributed by atoms with van der Waals surface area (Å²) in [5, 5.41) is 0.648. The number of ether oxygens (including phenoxy) is 3. The van der Waals surface area contributed by atoms with E-state index in [2.05, 4.69) is 0 Å². The average Bonchev–Trinajstić information content (AvgIpc) is 2.60. The van der Waals surface area contributed by atoms with Crippen molar-refractivity contribution in [3.63, 3.8) is 0 Å². The topological polar surface area (TPSA) is 48.0 Å². The quantitative estimate of drug-likeness (QED) is 0.850. The smallest absolute Gasteiger partial charge is 0.254 e. The maximum absolute atomic E-state index is 12.7. The van der Waals surface area contributed by atoms with Crippen molar-refractivity contribution in [2.75, 3.05) is 27.4 Å². The van der Waals surface area contributed by atoms with Gasteiger partial charge in [0.15, 0.2) is 11.5 Å². The first-order valence-electron chi connectivity index (χ1n) is 7.56. The zero-order valence-corrected chi connectivity index (χ0v) is 14.3. The lowest BCUT2D eigenvalue weighted by atomic mass is 10.1. The van der Waals surface area contributed by atoms with E-state index in [4.69, 9.17) is 25.8 Å². The molecule has 0 saturated heterocycles. The number of carbonyl (C=O) groups is 1. The van der Waals surface area contributed by atoms with E-state index in [1.54, 1.807) is 30.1 Å². The Hall–Kier alpha value is -2.40. The molecule has 1 heterocycles. The van der Waals surface area contributed by atoms with Crippen molar-refractivity contribution in [3.05, 3.63) is 52.5 Å². The molecule has 0 aliphatic carbocycles. The van der Waals surface area contributed by atoms with Crippen molar-refractivity contribution >= 4 is 17.5 Å². The van der Waals surface area contributed by atoms with Crippen LogP contribution >= 0.6 is 11.6 Å². The Balaban J connectivity index is 1.83. The molecule has 1 aliphatic rings. The lowest BCUT2D eigenvalue weighted by molar-refractivity contribution is 0.0783. The molecule has 0 bridgehead atoms. The van der Waals surface area contributed by atoms with Gasteiger partial charge in [-0.05, 0) is 29.8 Å². The Morgan fingerprint density at radius 3 is 2.79 bits per heavy atom. The monoisotopic (exact) mass is 347 g/mol. The molecular formula is C18H18ClNO4. The zero-order chi connectivity index (χ0) is 17.1. The molecule has 126 valence electrons.